The molecular formula is C21H25N3O5. The molecule has 0 aliphatic heterocycles. The standard InChI is InChI=1S/C21H25N3O5/c1-29-21(27)18(11-10-15-6-3-2-4-7-15)22-14-16-8-5-9-17(12-16)23-19(25)13-20(26)24-28/h2-9,12,18,22,28H,10-11,13-14H2,1H3,(H,23,25)(H,24,26)/t18-/m0/s1. The first-order valence-electron chi connectivity index (χ1n) is 9.18. The Bertz CT molecular complexity index is 826. The van der Waals surface area contributed by atoms with Crippen molar-refractivity contribution >= 4 is 23.5 Å². The Kier molecular flexibility index (Phi) is 8.81. The third kappa shape index (κ3) is 7.73. The normalized spacial score (nSPS) is 11.4. The molecule has 0 radical (unpaired) electrons. The van der Waals surface area contributed by atoms with Gasteiger partial charge >= 0.3 is 5.97 Å². The summed E-state index contributed by atoms with van der Waals surface area (Å²) in [6, 6.07) is 16.5. The first-order valence-corrected chi connectivity index (χ1v) is 9.18. The number of benzene rings is 2. The van der Waals surface area contributed by atoms with Crippen LogP contribution in [0.1, 0.15) is 24.0 Å². The summed E-state index contributed by atoms with van der Waals surface area (Å²) < 4.78 is 4.90. The van der Waals surface area contributed by atoms with Crippen LogP contribution < -0.4 is 16.1 Å². The van der Waals surface area contributed by atoms with E-state index in [1.54, 1.807) is 18.2 Å². The SMILES string of the molecule is COC(=O)[C@H](CCc1ccccc1)NCc1cccc(NC(=O)CC(=O)NO)c1. The largest absolute Gasteiger partial charge is 0.468 e. The molecule has 4 N–H and O–H groups in total. The number of anilines is 1. The number of hydrogen-bond acceptors (Lipinski definition) is 6. The number of rotatable bonds is 10. The molecule has 2 amide bonds. The second-order valence-corrected chi connectivity index (χ2v) is 6.44. The number of nitrogens with one attached hydrogen (secondary N) is 3. The molecule has 0 saturated carbocycles. The van der Waals surface area contributed by atoms with Crippen LogP contribution in [-0.2, 0) is 32.1 Å². The molecule has 0 unspecified atom stereocenters. The van der Waals surface area contributed by atoms with Gasteiger partial charge in [0.05, 0.1) is 7.11 Å². The molecule has 0 fully saturated rings. The topological polar surface area (TPSA) is 117 Å². The summed E-state index contributed by atoms with van der Waals surface area (Å²) in [5.74, 6) is -1.67. The van der Waals surface area contributed by atoms with Gasteiger partial charge in [0.25, 0.3) is 5.91 Å². The first kappa shape index (κ1) is 22.1. The summed E-state index contributed by atoms with van der Waals surface area (Å²) in [6.45, 7) is 0.398. The van der Waals surface area contributed by atoms with Crippen molar-refractivity contribution in [3.8, 4) is 0 Å². The highest BCUT2D eigenvalue weighted by Gasteiger charge is 2.18. The number of carbonyl (C=O) groups excluding carboxylic acids is 3. The molecule has 8 heteroatoms. The molecule has 0 spiro atoms. The molecule has 154 valence electrons. The molecule has 0 aromatic heterocycles. The molecule has 1 atom stereocenters. The third-order valence-corrected chi connectivity index (χ3v) is 4.26. The maximum Gasteiger partial charge on any atom is 0.322 e. The second kappa shape index (κ2) is 11.6. The predicted octanol–water partition coefficient (Wildman–Crippen LogP) is 1.78. The zero-order chi connectivity index (χ0) is 21.1. The van der Waals surface area contributed by atoms with Gasteiger partial charge in [-0.05, 0) is 36.1 Å². The molecule has 0 saturated heterocycles. The van der Waals surface area contributed by atoms with Crippen LogP contribution in [0.2, 0.25) is 0 Å². The number of ether oxygens (including phenoxy) is 1. The lowest BCUT2D eigenvalue weighted by Crippen LogP contribution is -2.37. The number of hydroxylamine groups is 1. The van der Waals surface area contributed by atoms with Gasteiger partial charge in [0.2, 0.25) is 5.91 Å². The minimum absolute atomic E-state index is 0.333. The predicted molar refractivity (Wildman–Crippen MR) is 107 cm³/mol. The van der Waals surface area contributed by atoms with Crippen molar-refractivity contribution in [1.29, 1.82) is 0 Å². The molecule has 2 aromatic carbocycles. The van der Waals surface area contributed by atoms with E-state index >= 15 is 0 Å². The van der Waals surface area contributed by atoms with Crippen molar-refractivity contribution in [1.82, 2.24) is 10.8 Å². The molecule has 0 aliphatic rings. The van der Waals surface area contributed by atoms with E-state index in [1.165, 1.54) is 12.6 Å². The summed E-state index contributed by atoms with van der Waals surface area (Å²) in [5, 5.41) is 14.3. The summed E-state index contributed by atoms with van der Waals surface area (Å²) >= 11 is 0. The minimum Gasteiger partial charge on any atom is -0.468 e. The van der Waals surface area contributed by atoms with Gasteiger partial charge in [-0.25, -0.2) is 5.48 Å². The van der Waals surface area contributed by atoms with Crippen LogP contribution in [0.25, 0.3) is 0 Å². The minimum atomic E-state index is -0.792. The Morgan fingerprint density at radius 3 is 2.41 bits per heavy atom. The zero-order valence-corrected chi connectivity index (χ0v) is 16.2. The Labute approximate surface area is 169 Å². The van der Waals surface area contributed by atoms with E-state index in [0.29, 0.717) is 18.7 Å². The van der Waals surface area contributed by atoms with Crippen molar-refractivity contribution in [2.75, 3.05) is 12.4 Å². The number of methoxy groups -OCH3 is 1. The number of hydrogen-bond donors (Lipinski definition) is 4. The monoisotopic (exact) mass is 399 g/mol. The van der Waals surface area contributed by atoms with Gasteiger partial charge in [-0.1, -0.05) is 42.5 Å². The van der Waals surface area contributed by atoms with Crippen molar-refractivity contribution in [3.63, 3.8) is 0 Å². The van der Waals surface area contributed by atoms with Gasteiger partial charge in [-0.2, -0.15) is 0 Å². The van der Waals surface area contributed by atoms with E-state index in [2.05, 4.69) is 10.6 Å². The van der Waals surface area contributed by atoms with Gasteiger partial charge in [-0.15, -0.1) is 0 Å². The number of aryl methyl sites for hydroxylation is 1. The van der Waals surface area contributed by atoms with Crippen molar-refractivity contribution < 1.29 is 24.3 Å². The highest BCUT2D eigenvalue weighted by atomic mass is 16.5. The molecule has 2 aromatic rings. The van der Waals surface area contributed by atoms with Crippen LogP contribution in [0.5, 0.6) is 0 Å². The van der Waals surface area contributed by atoms with Gasteiger partial charge in [-0.3, -0.25) is 19.6 Å². The first-order chi connectivity index (χ1) is 14.0. The number of amides is 2. The van der Waals surface area contributed by atoms with Gasteiger partial charge in [0.1, 0.15) is 12.5 Å². The fourth-order valence-corrected chi connectivity index (χ4v) is 2.79. The molecule has 2 rings (SSSR count). The molecule has 0 bridgehead atoms. The molecular weight excluding hydrogens is 374 g/mol. The summed E-state index contributed by atoms with van der Waals surface area (Å²) in [7, 11) is 1.36. The third-order valence-electron chi connectivity index (χ3n) is 4.26. The molecule has 29 heavy (non-hydrogen) atoms. The van der Waals surface area contributed by atoms with E-state index in [-0.39, 0.29) is 5.97 Å². The van der Waals surface area contributed by atoms with Crippen LogP contribution in [0, 0.1) is 0 Å². The van der Waals surface area contributed by atoms with Crippen LogP contribution in [-0.4, -0.2) is 36.1 Å². The maximum atomic E-state index is 12.1. The van der Waals surface area contributed by atoms with E-state index in [4.69, 9.17) is 9.94 Å². The van der Waals surface area contributed by atoms with Crippen molar-refractivity contribution in [2.45, 2.75) is 31.8 Å². The Balaban J connectivity index is 1.93. The molecule has 0 heterocycles. The fraction of sp³-hybridized carbons (Fsp3) is 0.286. The smallest absolute Gasteiger partial charge is 0.322 e. The summed E-state index contributed by atoms with van der Waals surface area (Å²) in [5.41, 5.74) is 3.91. The fourth-order valence-electron chi connectivity index (χ4n) is 2.79. The van der Waals surface area contributed by atoms with Crippen molar-refractivity contribution in [2.24, 2.45) is 0 Å². The van der Waals surface area contributed by atoms with E-state index in [0.717, 1.165) is 17.5 Å². The molecule has 8 nitrogen and oxygen atoms in total. The Morgan fingerprint density at radius 2 is 1.72 bits per heavy atom. The second-order valence-electron chi connectivity index (χ2n) is 6.44. The van der Waals surface area contributed by atoms with Gasteiger partial charge in [0.15, 0.2) is 0 Å². The average Bonchev–Trinajstić information content (AvgIpc) is 2.74. The zero-order valence-electron chi connectivity index (χ0n) is 16.2. The lowest BCUT2D eigenvalue weighted by Gasteiger charge is -2.17. The number of carbonyl (C=O) groups is 3. The average molecular weight is 399 g/mol. The lowest BCUT2D eigenvalue weighted by atomic mass is 10.0. The van der Waals surface area contributed by atoms with Gasteiger partial charge in [0, 0.05) is 12.2 Å². The number of esters is 1. The van der Waals surface area contributed by atoms with E-state index < -0.39 is 24.3 Å². The molecule has 0 aliphatic carbocycles. The van der Waals surface area contributed by atoms with Crippen LogP contribution in [0.4, 0.5) is 5.69 Å². The highest BCUT2D eigenvalue weighted by Crippen LogP contribution is 2.12. The van der Waals surface area contributed by atoms with Crippen LogP contribution in [0.15, 0.2) is 54.6 Å². The van der Waals surface area contributed by atoms with E-state index in [9.17, 15) is 14.4 Å². The lowest BCUT2D eigenvalue weighted by molar-refractivity contribution is -0.143. The summed E-state index contributed by atoms with van der Waals surface area (Å²) in [4.78, 5) is 34.9. The van der Waals surface area contributed by atoms with E-state index in [1.807, 2.05) is 36.4 Å². The van der Waals surface area contributed by atoms with Crippen LogP contribution >= 0.6 is 0 Å². The highest BCUT2D eigenvalue weighted by molar-refractivity contribution is 6.03. The maximum absolute atomic E-state index is 12.1. The van der Waals surface area contributed by atoms with Crippen LogP contribution in [0.3, 0.4) is 0 Å². The van der Waals surface area contributed by atoms with Crippen molar-refractivity contribution in [3.05, 3.63) is 65.7 Å². The Morgan fingerprint density at radius 1 is 1.00 bits per heavy atom. The van der Waals surface area contributed by atoms with Gasteiger partial charge < -0.3 is 15.4 Å². The Hall–Kier alpha value is -3.23. The summed E-state index contributed by atoms with van der Waals surface area (Å²) in [6.07, 6.45) is 0.836. The quantitative estimate of drug-likeness (QED) is 0.209.